The summed E-state index contributed by atoms with van der Waals surface area (Å²) in [5.74, 6) is 0.917. The molecule has 1 atom stereocenters. The first kappa shape index (κ1) is 14.1. The average molecular weight is 282 g/mol. The Morgan fingerprint density at radius 3 is 2.43 bits per heavy atom. The van der Waals surface area contributed by atoms with Crippen molar-refractivity contribution >= 4 is 0 Å². The van der Waals surface area contributed by atoms with E-state index in [4.69, 9.17) is 10.5 Å². The summed E-state index contributed by atoms with van der Waals surface area (Å²) in [6.07, 6.45) is 1.11. The molecule has 0 amide bonds. The molecule has 1 heterocycles. The van der Waals surface area contributed by atoms with Gasteiger partial charge in [-0.15, -0.1) is 0 Å². The molecule has 1 unspecified atom stereocenters. The quantitative estimate of drug-likeness (QED) is 0.916. The molecule has 0 bridgehead atoms. The summed E-state index contributed by atoms with van der Waals surface area (Å²) in [6.45, 7) is 3.70. The van der Waals surface area contributed by atoms with E-state index in [1.165, 1.54) is 11.1 Å². The lowest BCUT2D eigenvalue weighted by atomic mass is 10.2. The Hall–Kier alpha value is -1.84. The fourth-order valence-corrected chi connectivity index (χ4v) is 2.70. The van der Waals surface area contributed by atoms with Crippen molar-refractivity contribution in [1.82, 2.24) is 4.90 Å². The Bertz CT molecular complexity index is 553. The van der Waals surface area contributed by atoms with E-state index in [1.54, 1.807) is 0 Å². The molecule has 0 aliphatic carbocycles. The SMILES string of the molecule is NC1CCN(Cc2ccc(OCc3ccccc3)cc2)C1. The first-order valence-corrected chi connectivity index (χ1v) is 7.53. The fourth-order valence-electron chi connectivity index (χ4n) is 2.70. The van der Waals surface area contributed by atoms with E-state index in [1.807, 2.05) is 30.3 Å². The topological polar surface area (TPSA) is 38.5 Å². The number of ether oxygens (including phenoxy) is 1. The number of rotatable bonds is 5. The molecule has 0 saturated carbocycles. The molecule has 3 nitrogen and oxygen atoms in total. The highest BCUT2D eigenvalue weighted by atomic mass is 16.5. The highest BCUT2D eigenvalue weighted by Crippen LogP contribution is 2.17. The van der Waals surface area contributed by atoms with Crippen LogP contribution in [0.3, 0.4) is 0 Å². The van der Waals surface area contributed by atoms with E-state index in [9.17, 15) is 0 Å². The second kappa shape index (κ2) is 6.74. The summed E-state index contributed by atoms with van der Waals surface area (Å²) in [5, 5.41) is 0. The highest BCUT2D eigenvalue weighted by molar-refractivity contribution is 5.28. The lowest BCUT2D eigenvalue weighted by molar-refractivity contribution is 0.305. The van der Waals surface area contributed by atoms with Crippen molar-refractivity contribution in [1.29, 1.82) is 0 Å². The van der Waals surface area contributed by atoms with Crippen LogP contribution < -0.4 is 10.5 Å². The normalized spacial score (nSPS) is 18.8. The first-order chi connectivity index (χ1) is 10.3. The zero-order chi connectivity index (χ0) is 14.5. The Morgan fingerprint density at radius 2 is 1.76 bits per heavy atom. The van der Waals surface area contributed by atoms with Crippen molar-refractivity contribution in [3.63, 3.8) is 0 Å². The molecule has 3 heteroatoms. The third-order valence-corrected chi connectivity index (χ3v) is 3.89. The van der Waals surface area contributed by atoms with E-state index in [-0.39, 0.29) is 0 Å². The third kappa shape index (κ3) is 4.06. The van der Waals surface area contributed by atoms with Gasteiger partial charge < -0.3 is 10.5 Å². The molecule has 0 aromatic heterocycles. The van der Waals surface area contributed by atoms with Gasteiger partial charge in [0.1, 0.15) is 12.4 Å². The number of benzene rings is 2. The summed E-state index contributed by atoms with van der Waals surface area (Å²) in [5.41, 5.74) is 8.44. The Labute approximate surface area is 126 Å². The molecule has 3 rings (SSSR count). The van der Waals surface area contributed by atoms with E-state index in [0.29, 0.717) is 12.6 Å². The molecular weight excluding hydrogens is 260 g/mol. The summed E-state index contributed by atoms with van der Waals surface area (Å²) in [4.78, 5) is 2.41. The smallest absolute Gasteiger partial charge is 0.119 e. The standard InChI is InChI=1S/C18H22N2O/c19-17-10-11-20(13-17)12-15-6-8-18(9-7-15)21-14-16-4-2-1-3-5-16/h1-9,17H,10-14,19H2. The van der Waals surface area contributed by atoms with Gasteiger partial charge in [0.2, 0.25) is 0 Å². The number of hydrogen-bond donors (Lipinski definition) is 1. The molecule has 1 fully saturated rings. The monoisotopic (exact) mass is 282 g/mol. The van der Waals surface area contributed by atoms with Crippen LogP contribution in [0.4, 0.5) is 0 Å². The van der Waals surface area contributed by atoms with Gasteiger partial charge in [0.15, 0.2) is 0 Å². The van der Waals surface area contributed by atoms with Crippen LogP contribution in [0.25, 0.3) is 0 Å². The molecule has 1 saturated heterocycles. The van der Waals surface area contributed by atoms with E-state index in [0.717, 1.165) is 31.8 Å². The Morgan fingerprint density at radius 1 is 1.00 bits per heavy atom. The Kier molecular flexibility index (Phi) is 4.53. The predicted molar refractivity (Wildman–Crippen MR) is 85.1 cm³/mol. The summed E-state index contributed by atoms with van der Waals surface area (Å²) < 4.78 is 5.80. The number of likely N-dealkylation sites (tertiary alicyclic amines) is 1. The van der Waals surface area contributed by atoms with E-state index < -0.39 is 0 Å². The third-order valence-electron chi connectivity index (χ3n) is 3.89. The van der Waals surface area contributed by atoms with Crippen LogP contribution in [-0.2, 0) is 13.2 Å². The van der Waals surface area contributed by atoms with Crippen LogP contribution in [0.2, 0.25) is 0 Å². The maximum atomic E-state index is 5.94. The summed E-state index contributed by atoms with van der Waals surface area (Å²) in [7, 11) is 0. The predicted octanol–water partition coefficient (Wildman–Crippen LogP) is 2.80. The zero-order valence-electron chi connectivity index (χ0n) is 12.2. The van der Waals surface area contributed by atoms with Crippen molar-refractivity contribution in [3.8, 4) is 5.75 Å². The van der Waals surface area contributed by atoms with Crippen molar-refractivity contribution in [3.05, 3.63) is 65.7 Å². The lowest BCUT2D eigenvalue weighted by Crippen LogP contribution is -2.26. The van der Waals surface area contributed by atoms with Crippen LogP contribution in [0.5, 0.6) is 5.75 Å². The van der Waals surface area contributed by atoms with Crippen molar-refractivity contribution in [2.75, 3.05) is 13.1 Å². The van der Waals surface area contributed by atoms with Gasteiger partial charge >= 0.3 is 0 Å². The van der Waals surface area contributed by atoms with Gasteiger partial charge in [-0.05, 0) is 29.7 Å². The minimum Gasteiger partial charge on any atom is -0.489 e. The minimum absolute atomic E-state index is 0.346. The van der Waals surface area contributed by atoms with Crippen LogP contribution in [-0.4, -0.2) is 24.0 Å². The molecule has 2 aromatic rings. The van der Waals surface area contributed by atoms with Crippen molar-refractivity contribution < 1.29 is 4.74 Å². The molecule has 0 spiro atoms. The second-order valence-corrected chi connectivity index (χ2v) is 5.70. The molecule has 2 N–H and O–H groups in total. The number of nitrogens with zero attached hydrogens (tertiary/aromatic N) is 1. The first-order valence-electron chi connectivity index (χ1n) is 7.53. The van der Waals surface area contributed by atoms with Crippen LogP contribution in [0.15, 0.2) is 54.6 Å². The molecule has 0 radical (unpaired) electrons. The van der Waals surface area contributed by atoms with Gasteiger partial charge in [0.25, 0.3) is 0 Å². The molecule has 21 heavy (non-hydrogen) atoms. The number of hydrogen-bond acceptors (Lipinski definition) is 3. The molecule has 1 aliphatic heterocycles. The summed E-state index contributed by atoms with van der Waals surface area (Å²) in [6, 6.07) is 19.0. The molecule has 110 valence electrons. The zero-order valence-corrected chi connectivity index (χ0v) is 12.2. The van der Waals surface area contributed by atoms with E-state index >= 15 is 0 Å². The van der Waals surface area contributed by atoms with Gasteiger partial charge in [-0.25, -0.2) is 0 Å². The van der Waals surface area contributed by atoms with Crippen LogP contribution in [0, 0.1) is 0 Å². The molecule has 1 aliphatic rings. The van der Waals surface area contributed by atoms with Crippen molar-refractivity contribution in [2.24, 2.45) is 5.73 Å². The van der Waals surface area contributed by atoms with Crippen LogP contribution in [0.1, 0.15) is 17.5 Å². The lowest BCUT2D eigenvalue weighted by Gasteiger charge is -2.15. The maximum Gasteiger partial charge on any atom is 0.119 e. The van der Waals surface area contributed by atoms with Gasteiger partial charge in [-0.2, -0.15) is 0 Å². The fraction of sp³-hybridized carbons (Fsp3) is 0.333. The van der Waals surface area contributed by atoms with Crippen LogP contribution >= 0.6 is 0 Å². The Balaban J connectivity index is 1.52. The van der Waals surface area contributed by atoms with Gasteiger partial charge in [0.05, 0.1) is 0 Å². The largest absolute Gasteiger partial charge is 0.489 e. The van der Waals surface area contributed by atoms with E-state index in [2.05, 4.69) is 29.2 Å². The second-order valence-electron chi connectivity index (χ2n) is 5.70. The minimum atomic E-state index is 0.346. The van der Waals surface area contributed by atoms with Gasteiger partial charge in [0, 0.05) is 25.7 Å². The number of nitrogens with two attached hydrogens (primary N) is 1. The highest BCUT2D eigenvalue weighted by Gasteiger charge is 2.18. The van der Waals surface area contributed by atoms with Crippen molar-refractivity contribution in [2.45, 2.75) is 25.6 Å². The molecular formula is C18H22N2O. The summed E-state index contributed by atoms with van der Waals surface area (Å²) >= 11 is 0. The van der Waals surface area contributed by atoms with Gasteiger partial charge in [-0.1, -0.05) is 42.5 Å². The average Bonchev–Trinajstić information content (AvgIpc) is 2.93. The molecule has 2 aromatic carbocycles. The van der Waals surface area contributed by atoms with Gasteiger partial charge in [-0.3, -0.25) is 4.90 Å². The maximum absolute atomic E-state index is 5.94.